The first-order valence-electron chi connectivity index (χ1n) is 6.73. The molecule has 1 heterocycles. The van der Waals surface area contributed by atoms with Crippen LogP contribution in [0.1, 0.15) is 30.4 Å². The Kier molecular flexibility index (Phi) is 5.20. The molecule has 102 valence electrons. The number of nitriles is 1. The van der Waals surface area contributed by atoms with Crippen LogP contribution in [0, 0.1) is 11.3 Å². The molecular formula is C15H20N2O2. The topological polar surface area (TPSA) is 54.3 Å². The quantitative estimate of drug-likeness (QED) is 0.882. The fourth-order valence-corrected chi connectivity index (χ4v) is 2.32. The van der Waals surface area contributed by atoms with Gasteiger partial charge in [0.2, 0.25) is 0 Å². The van der Waals surface area contributed by atoms with E-state index in [1.807, 2.05) is 12.1 Å². The molecule has 1 unspecified atom stereocenters. The molecule has 1 aromatic rings. The van der Waals surface area contributed by atoms with Gasteiger partial charge in [-0.25, -0.2) is 0 Å². The summed E-state index contributed by atoms with van der Waals surface area (Å²) in [6.07, 6.45) is 3.87. The highest BCUT2D eigenvalue weighted by atomic mass is 16.5. The lowest BCUT2D eigenvalue weighted by atomic mass is 10.1. The zero-order valence-electron chi connectivity index (χ0n) is 11.3. The Morgan fingerprint density at radius 2 is 2.37 bits per heavy atom. The van der Waals surface area contributed by atoms with E-state index in [-0.39, 0.29) is 0 Å². The smallest absolute Gasteiger partial charge is 0.123 e. The molecule has 4 nitrogen and oxygen atoms in total. The van der Waals surface area contributed by atoms with Crippen LogP contribution in [0.4, 0.5) is 0 Å². The number of hydrogen-bond acceptors (Lipinski definition) is 4. The molecule has 1 N–H and O–H groups in total. The van der Waals surface area contributed by atoms with E-state index >= 15 is 0 Å². The number of hydrogen-bond donors (Lipinski definition) is 1. The summed E-state index contributed by atoms with van der Waals surface area (Å²) in [5.74, 6) is 0.816. The first-order valence-corrected chi connectivity index (χ1v) is 6.73. The molecule has 1 atom stereocenters. The van der Waals surface area contributed by atoms with Gasteiger partial charge in [-0.2, -0.15) is 5.26 Å². The van der Waals surface area contributed by atoms with Crippen LogP contribution in [0.25, 0.3) is 0 Å². The van der Waals surface area contributed by atoms with Gasteiger partial charge in [0.15, 0.2) is 0 Å². The van der Waals surface area contributed by atoms with Crippen LogP contribution in [-0.4, -0.2) is 26.4 Å². The molecule has 0 spiro atoms. The molecule has 1 aliphatic rings. The second-order valence-corrected chi connectivity index (χ2v) is 4.76. The summed E-state index contributed by atoms with van der Waals surface area (Å²) in [5, 5.41) is 12.3. The third kappa shape index (κ3) is 3.95. The van der Waals surface area contributed by atoms with Crippen LogP contribution in [0.15, 0.2) is 18.2 Å². The molecule has 0 amide bonds. The maximum absolute atomic E-state index is 8.92. The molecule has 19 heavy (non-hydrogen) atoms. The van der Waals surface area contributed by atoms with Crippen molar-refractivity contribution in [1.82, 2.24) is 5.32 Å². The van der Waals surface area contributed by atoms with Crippen LogP contribution < -0.4 is 10.1 Å². The van der Waals surface area contributed by atoms with Gasteiger partial charge in [0.05, 0.1) is 24.8 Å². The minimum atomic E-state index is 0.318. The van der Waals surface area contributed by atoms with Crippen LogP contribution in [0.5, 0.6) is 5.75 Å². The van der Waals surface area contributed by atoms with E-state index in [9.17, 15) is 0 Å². The molecule has 2 rings (SSSR count). The van der Waals surface area contributed by atoms with Crippen molar-refractivity contribution in [3.05, 3.63) is 29.3 Å². The Hall–Kier alpha value is -1.57. The summed E-state index contributed by atoms with van der Waals surface area (Å²) in [6, 6.07) is 7.63. The van der Waals surface area contributed by atoms with E-state index < -0.39 is 0 Å². The van der Waals surface area contributed by atoms with E-state index in [4.69, 9.17) is 14.7 Å². The second-order valence-electron chi connectivity index (χ2n) is 4.76. The van der Waals surface area contributed by atoms with Gasteiger partial charge in [0, 0.05) is 25.3 Å². The van der Waals surface area contributed by atoms with E-state index in [2.05, 4.69) is 11.4 Å². The van der Waals surface area contributed by atoms with Crippen molar-refractivity contribution >= 4 is 0 Å². The van der Waals surface area contributed by atoms with Crippen LogP contribution >= 0.6 is 0 Å². The molecule has 1 aromatic carbocycles. The second kappa shape index (κ2) is 7.13. The van der Waals surface area contributed by atoms with Crippen molar-refractivity contribution in [1.29, 1.82) is 5.26 Å². The lowest BCUT2D eigenvalue weighted by Gasteiger charge is -2.23. The van der Waals surface area contributed by atoms with Crippen molar-refractivity contribution < 1.29 is 9.47 Å². The van der Waals surface area contributed by atoms with E-state index in [0.717, 1.165) is 30.9 Å². The lowest BCUT2D eigenvalue weighted by Crippen LogP contribution is -2.31. The van der Waals surface area contributed by atoms with Crippen LogP contribution in [0.2, 0.25) is 0 Å². The fraction of sp³-hybridized carbons (Fsp3) is 0.533. The molecule has 0 saturated carbocycles. The first kappa shape index (κ1) is 13.9. The van der Waals surface area contributed by atoms with Gasteiger partial charge in [0.1, 0.15) is 5.75 Å². The van der Waals surface area contributed by atoms with Gasteiger partial charge < -0.3 is 14.8 Å². The Morgan fingerprint density at radius 1 is 1.47 bits per heavy atom. The number of nitrogens with one attached hydrogen (secondary N) is 1. The number of rotatable bonds is 5. The highest BCUT2D eigenvalue weighted by molar-refractivity contribution is 5.41. The minimum Gasteiger partial charge on any atom is -0.496 e. The van der Waals surface area contributed by atoms with E-state index in [1.54, 1.807) is 13.2 Å². The summed E-state index contributed by atoms with van der Waals surface area (Å²) in [7, 11) is 1.65. The molecule has 0 bridgehead atoms. The number of ether oxygens (including phenoxy) is 2. The Labute approximate surface area is 114 Å². The fourth-order valence-electron chi connectivity index (χ4n) is 2.32. The van der Waals surface area contributed by atoms with Gasteiger partial charge in [-0.3, -0.25) is 0 Å². The first-order chi connectivity index (χ1) is 9.33. The zero-order chi connectivity index (χ0) is 13.5. The SMILES string of the molecule is COc1ccc(C#N)cc1CNCC1CCCCO1. The van der Waals surface area contributed by atoms with Crippen molar-refractivity contribution in [2.75, 3.05) is 20.3 Å². The average Bonchev–Trinajstić information content (AvgIpc) is 2.48. The highest BCUT2D eigenvalue weighted by Crippen LogP contribution is 2.19. The van der Waals surface area contributed by atoms with Crippen molar-refractivity contribution in [3.63, 3.8) is 0 Å². The molecule has 1 fully saturated rings. The largest absolute Gasteiger partial charge is 0.496 e. The average molecular weight is 260 g/mol. The van der Waals surface area contributed by atoms with Crippen molar-refractivity contribution in [2.45, 2.75) is 31.9 Å². The summed E-state index contributed by atoms with van der Waals surface area (Å²) in [5.41, 5.74) is 1.67. The van der Waals surface area contributed by atoms with Gasteiger partial charge >= 0.3 is 0 Å². The van der Waals surface area contributed by atoms with Gasteiger partial charge in [0.25, 0.3) is 0 Å². The third-order valence-electron chi connectivity index (χ3n) is 3.37. The Morgan fingerprint density at radius 3 is 3.05 bits per heavy atom. The molecule has 1 aliphatic heterocycles. The van der Waals surface area contributed by atoms with Crippen molar-refractivity contribution in [3.8, 4) is 11.8 Å². The summed E-state index contributed by atoms with van der Waals surface area (Å²) in [6.45, 7) is 2.41. The summed E-state index contributed by atoms with van der Waals surface area (Å²) in [4.78, 5) is 0. The molecule has 1 saturated heterocycles. The standard InChI is InChI=1S/C15H20N2O2/c1-18-15-6-5-12(9-16)8-13(15)10-17-11-14-4-2-3-7-19-14/h5-6,8,14,17H,2-4,7,10-11H2,1H3. The normalized spacial score (nSPS) is 18.8. The maximum atomic E-state index is 8.92. The highest BCUT2D eigenvalue weighted by Gasteiger charge is 2.13. The molecule has 0 aliphatic carbocycles. The van der Waals surface area contributed by atoms with Gasteiger partial charge in [-0.15, -0.1) is 0 Å². The van der Waals surface area contributed by atoms with Gasteiger partial charge in [-0.1, -0.05) is 0 Å². The summed E-state index contributed by atoms with van der Waals surface area (Å²) >= 11 is 0. The lowest BCUT2D eigenvalue weighted by molar-refractivity contribution is 0.0167. The van der Waals surface area contributed by atoms with E-state index in [1.165, 1.54) is 12.8 Å². The van der Waals surface area contributed by atoms with E-state index in [0.29, 0.717) is 18.2 Å². The maximum Gasteiger partial charge on any atom is 0.123 e. The number of methoxy groups -OCH3 is 1. The summed E-state index contributed by atoms with van der Waals surface area (Å²) < 4.78 is 11.0. The number of benzene rings is 1. The Bertz CT molecular complexity index is 448. The zero-order valence-corrected chi connectivity index (χ0v) is 11.3. The van der Waals surface area contributed by atoms with Crippen LogP contribution in [0.3, 0.4) is 0 Å². The molecule has 0 aromatic heterocycles. The van der Waals surface area contributed by atoms with Gasteiger partial charge in [-0.05, 0) is 37.5 Å². The predicted molar refractivity (Wildman–Crippen MR) is 73.0 cm³/mol. The number of nitrogens with zero attached hydrogens (tertiary/aromatic N) is 1. The van der Waals surface area contributed by atoms with Crippen LogP contribution in [-0.2, 0) is 11.3 Å². The molecule has 0 radical (unpaired) electrons. The monoisotopic (exact) mass is 260 g/mol. The predicted octanol–water partition coefficient (Wildman–Crippen LogP) is 2.23. The minimum absolute atomic E-state index is 0.318. The Balaban J connectivity index is 1.89. The molecular weight excluding hydrogens is 240 g/mol. The third-order valence-corrected chi connectivity index (χ3v) is 3.37. The molecule has 4 heteroatoms. The van der Waals surface area contributed by atoms with Crippen molar-refractivity contribution in [2.24, 2.45) is 0 Å².